The van der Waals surface area contributed by atoms with E-state index in [0.29, 0.717) is 23.4 Å². The molecule has 1 aliphatic carbocycles. The van der Waals surface area contributed by atoms with Crippen LogP contribution in [0.1, 0.15) is 25.0 Å². The van der Waals surface area contributed by atoms with Gasteiger partial charge in [0.25, 0.3) is 0 Å². The zero-order valence-corrected chi connectivity index (χ0v) is 27.6. The molecule has 2 aromatic heterocycles. The van der Waals surface area contributed by atoms with E-state index in [1.54, 1.807) is 0 Å². The summed E-state index contributed by atoms with van der Waals surface area (Å²) in [5.41, 5.74) is 10.4. The first kappa shape index (κ1) is 28.5. The maximum Gasteiger partial charge on any atom is 0.227 e. The molecule has 0 spiro atoms. The summed E-state index contributed by atoms with van der Waals surface area (Å²) in [5.74, 6) is 2.51. The van der Waals surface area contributed by atoms with E-state index in [1.165, 1.54) is 22.3 Å². The van der Waals surface area contributed by atoms with Crippen molar-refractivity contribution in [3.8, 4) is 56.7 Å². The van der Waals surface area contributed by atoms with E-state index in [2.05, 4.69) is 92.7 Å². The van der Waals surface area contributed by atoms with Gasteiger partial charge in [0.2, 0.25) is 5.89 Å². The van der Waals surface area contributed by atoms with Gasteiger partial charge in [-0.25, -0.2) is 19.9 Å². The van der Waals surface area contributed by atoms with Crippen molar-refractivity contribution in [1.29, 1.82) is 0 Å². The number of fused-ring (bicyclic) bond motifs is 9. The fraction of sp³-hybridized carbons (Fsp3) is 0.0667. The molecule has 0 saturated heterocycles. The van der Waals surface area contributed by atoms with Gasteiger partial charge in [-0.2, -0.15) is 0 Å². The maximum absolute atomic E-state index is 6.44. The highest BCUT2D eigenvalue weighted by molar-refractivity contribution is 6.23. The summed E-state index contributed by atoms with van der Waals surface area (Å²) in [7, 11) is 0. The summed E-state index contributed by atoms with van der Waals surface area (Å²) >= 11 is 0. The lowest BCUT2D eigenvalue weighted by atomic mass is 9.82. The molecule has 9 aromatic rings. The molecular formula is C45H30N4O. The Bertz CT molecular complexity index is 2780. The lowest BCUT2D eigenvalue weighted by Gasteiger charge is -2.21. The molecule has 7 aromatic carbocycles. The van der Waals surface area contributed by atoms with Crippen molar-refractivity contribution in [3.05, 3.63) is 157 Å². The second-order valence-corrected chi connectivity index (χ2v) is 13.5. The van der Waals surface area contributed by atoms with Gasteiger partial charge in [0.05, 0.1) is 0 Å². The monoisotopic (exact) mass is 642 g/mol. The number of rotatable bonds is 4. The Hall–Kier alpha value is -6.46. The van der Waals surface area contributed by atoms with Crippen molar-refractivity contribution < 1.29 is 4.42 Å². The van der Waals surface area contributed by atoms with Gasteiger partial charge in [-0.15, -0.1) is 0 Å². The lowest BCUT2D eigenvalue weighted by molar-refractivity contribution is 0.623. The summed E-state index contributed by atoms with van der Waals surface area (Å²) in [5, 5.41) is 4.20. The van der Waals surface area contributed by atoms with Crippen LogP contribution in [0.5, 0.6) is 0 Å². The highest BCUT2D eigenvalue weighted by atomic mass is 16.3. The minimum Gasteiger partial charge on any atom is -0.435 e. The van der Waals surface area contributed by atoms with Crippen LogP contribution in [0, 0.1) is 0 Å². The molecule has 5 nitrogen and oxygen atoms in total. The Morgan fingerprint density at radius 1 is 0.420 bits per heavy atom. The van der Waals surface area contributed by atoms with Gasteiger partial charge in [0.1, 0.15) is 5.52 Å². The molecule has 2 heterocycles. The Morgan fingerprint density at radius 3 is 1.76 bits per heavy atom. The smallest absolute Gasteiger partial charge is 0.227 e. The van der Waals surface area contributed by atoms with E-state index in [9.17, 15) is 0 Å². The van der Waals surface area contributed by atoms with Crippen LogP contribution in [-0.4, -0.2) is 19.9 Å². The Balaban J connectivity index is 1.17. The fourth-order valence-electron chi connectivity index (χ4n) is 7.61. The molecule has 0 aliphatic heterocycles. The standard InChI is InChI=1S/C45H30N4O/c1-45(2)37-20-12-11-18-32(37)33-23-21-30(26-38(33)45)43-48-41(27-13-5-3-6-14-27)47-42(49-43)29-22-24-34-36(25-29)31-17-9-10-19-35(31)40-39(34)46-44(50-40)28-15-7-4-8-16-28/h3-26H,1-2H3. The van der Waals surface area contributed by atoms with Crippen LogP contribution in [-0.2, 0) is 5.41 Å². The fourth-order valence-corrected chi connectivity index (χ4v) is 7.61. The Labute approximate surface area is 289 Å². The highest BCUT2D eigenvalue weighted by Crippen LogP contribution is 2.49. The Kier molecular flexibility index (Phi) is 6.15. The van der Waals surface area contributed by atoms with Gasteiger partial charge < -0.3 is 4.42 Å². The quantitative estimate of drug-likeness (QED) is 0.179. The number of oxazole rings is 1. The largest absolute Gasteiger partial charge is 0.435 e. The van der Waals surface area contributed by atoms with Crippen LogP contribution in [0.4, 0.5) is 0 Å². The number of hydrogen-bond donors (Lipinski definition) is 0. The average Bonchev–Trinajstić information content (AvgIpc) is 3.73. The predicted octanol–water partition coefficient (Wildman–Crippen LogP) is 11.3. The molecule has 0 radical (unpaired) electrons. The molecule has 5 heteroatoms. The second kappa shape index (κ2) is 10.8. The van der Waals surface area contributed by atoms with Crippen molar-refractivity contribution >= 4 is 32.6 Å². The zero-order valence-electron chi connectivity index (χ0n) is 27.6. The zero-order chi connectivity index (χ0) is 33.4. The molecular weight excluding hydrogens is 613 g/mol. The molecule has 0 fully saturated rings. The van der Waals surface area contributed by atoms with E-state index in [0.717, 1.165) is 54.9 Å². The molecule has 236 valence electrons. The maximum atomic E-state index is 6.44. The number of benzene rings is 7. The molecule has 0 saturated carbocycles. The van der Waals surface area contributed by atoms with Crippen LogP contribution >= 0.6 is 0 Å². The average molecular weight is 643 g/mol. The van der Waals surface area contributed by atoms with Gasteiger partial charge in [-0.1, -0.05) is 135 Å². The first-order chi connectivity index (χ1) is 24.5. The van der Waals surface area contributed by atoms with Gasteiger partial charge in [0.15, 0.2) is 23.1 Å². The van der Waals surface area contributed by atoms with Crippen molar-refractivity contribution in [2.24, 2.45) is 0 Å². The van der Waals surface area contributed by atoms with Crippen molar-refractivity contribution in [3.63, 3.8) is 0 Å². The molecule has 0 bridgehead atoms. The predicted molar refractivity (Wildman–Crippen MR) is 202 cm³/mol. The normalized spacial score (nSPS) is 13.2. The molecule has 0 amide bonds. The summed E-state index contributed by atoms with van der Waals surface area (Å²) in [6.45, 7) is 4.59. The number of aromatic nitrogens is 4. The van der Waals surface area contributed by atoms with E-state index in [1.807, 2.05) is 66.7 Å². The van der Waals surface area contributed by atoms with E-state index < -0.39 is 0 Å². The number of nitrogens with zero attached hydrogens (tertiary/aromatic N) is 4. The van der Waals surface area contributed by atoms with Crippen molar-refractivity contribution in [1.82, 2.24) is 19.9 Å². The third-order valence-corrected chi connectivity index (χ3v) is 10.2. The van der Waals surface area contributed by atoms with Gasteiger partial charge >= 0.3 is 0 Å². The molecule has 10 rings (SSSR count). The van der Waals surface area contributed by atoms with Crippen LogP contribution < -0.4 is 0 Å². The molecule has 0 N–H and O–H groups in total. The Morgan fingerprint density at radius 2 is 1.00 bits per heavy atom. The molecule has 50 heavy (non-hydrogen) atoms. The third-order valence-electron chi connectivity index (χ3n) is 10.2. The topological polar surface area (TPSA) is 64.7 Å². The minimum atomic E-state index is -0.133. The summed E-state index contributed by atoms with van der Waals surface area (Å²) in [6, 6.07) is 50.3. The van der Waals surface area contributed by atoms with Crippen molar-refractivity contribution in [2.75, 3.05) is 0 Å². The van der Waals surface area contributed by atoms with Gasteiger partial charge in [-0.05, 0) is 57.3 Å². The van der Waals surface area contributed by atoms with E-state index in [4.69, 9.17) is 24.4 Å². The lowest BCUT2D eigenvalue weighted by Crippen LogP contribution is -2.15. The molecule has 0 unspecified atom stereocenters. The second-order valence-electron chi connectivity index (χ2n) is 13.5. The van der Waals surface area contributed by atoms with Gasteiger partial charge in [-0.3, -0.25) is 0 Å². The molecule has 1 aliphatic rings. The van der Waals surface area contributed by atoms with Crippen molar-refractivity contribution in [2.45, 2.75) is 19.3 Å². The van der Waals surface area contributed by atoms with Gasteiger partial charge in [0, 0.05) is 38.4 Å². The van der Waals surface area contributed by atoms with Crippen LogP contribution in [0.2, 0.25) is 0 Å². The van der Waals surface area contributed by atoms with Crippen LogP contribution in [0.25, 0.3) is 89.4 Å². The summed E-state index contributed by atoms with van der Waals surface area (Å²) in [6.07, 6.45) is 0. The first-order valence-electron chi connectivity index (χ1n) is 16.9. The number of hydrogen-bond acceptors (Lipinski definition) is 5. The molecule has 0 atom stereocenters. The summed E-state index contributed by atoms with van der Waals surface area (Å²) in [4.78, 5) is 20.3. The van der Waals surface area contributed by atoms with Crippen LogP contribution in [0.15, 0.2) is 150 Å². The summed E-state index contributed by atoms with van der Waals surface area (Å²) < 4.78 is 6.44. The highest BCUT2D eigenvalue weighted by Gasteiger charge is 2.35. The first-order valence-corrected chi connectivity index (χ1v) is 16.9. The van der Waals surface area contributed by atoms with Crippen LogP contribution in [0.3, 0.4) is 0 Å². The van der Waals surface area contributed by atoms with E-state index >= 15 is 0 Å². The minimum absolute atomic E-state index is 0.133. The van der Waals surface area contributed by atoms with E-state index in [-0.39, 0.29) is 5.41 Å². The third kappa shape index (κ3) is 4.33. The SMILES string of the molecule is CC1(C)c2ccccc2-c2ccc(-c3nc(-c4ccccc4)nc(-c4ccc5c(c4)c4ccccc4c4oc(-c6ccccc6)nc54)n3)cc21.